The number of pyridine rings is 1. The Labute approximate surface area is 104 Å². The molecule has 0 amide bonds. The highest BCUT2D eigenvalue weighted by molar-refractivity contribution is 9.10. The molecule has 1 aliphatic rings. The summed E-state index contributed by atoms with van der Waals surface area (Å²) in [5.41, 5.74) is 1.17. The van der Waals surface area contributed by atoms with Crippen molar-refractivity contribution < 1.29 is 4.74 Å². The van der Waals surface area contributed by atoms with Crippen LogP contribution in [0.4, 0.5) is 0 Å². The van der Waals surface area contributed by atoms with E-state index in [1.165, 1.54) is 5.56 Å². The van der Waals surface area contributed by atoms with Crippen LogP contribution in [-0.2, 0) is 11.3 Å². The van der Waals surface area contributed by atoms with Gasteiger partial charge in [-0.3, -0.25) is 0 Å². The van der Waals surface area contributed by atoms with E-state index in [2.05, 4.69) is 26.2 Å². The molecule has 0 aromatic carbocycles. The van der Waals surface area contributed by atoms with E-state index >= 15 is 0 Å². The molecule has 0 bridgehead atoms. The Kier molecular flexibility index (Phi) is 5.53. The van der Waals surface area contributed by atoms with Crippen molar-refractivity contribution in [2.24, 2.45) is 0 Å². The number of rotatable bonds is 3. The molecule has 0 saturated carbocycles. The molecule has 1 atom stereocenters. The Morgan fingerprint density at radius 1 is 1.60 bits per heavy atom. The molecule has 1 aromatic rings. The van der Waals surface area contributed by atoms with Crippen LogP contribution in [0.25, 0.3) is 0 Å². The summed E-state index contributed by atoms with van der Waals surface area (Å²) in [7, 11) is 0. The summed E-state index contributed by atoms with van der Waals surface area (Å²) in [5, 5.41) is 3.27. The number of ether oxygens (including phenoxy) is 1. The van der Waals surface area contributed by atoms with Gasteiger partial charge in [-0.15, -0.1) is 12.4 Å². The van der Waals surface area contributed by atoms with Crippen LogP contribution in [0, 0.1) is 0 Å². The normalized spacial score (nSPS) is 19.9. The Morgan fingerprint density at radius 3 is 3.13 bits per heavy atom. The van der Waals surface area contributed by atoms with E-state index < -0.39 is 0 Å². The van der Waals surface area contributed by atoms with E-state index in [0.717, 1.165) is 24.1 Å². The first-order valence-electron chi connectivity index (χ1n) is 4.77. The number of halogens is 2. The van der Waals surface area contributed by atoms with Gasteiger partial charge in [0, 0.05) is 12.7 Å². The maximum absolute atomic E-state index is 5.73. The summed E-state index contributed by atoms with van der Waals surface area (Å²) in [6.07, 6.45) is 3.28. The molecule has 1 aromatic heterocycles. The second kappa shape index (κ2) is 6.43. The molecule has 2 rings (SSSR count). The van der Waals surface area contributed by atoms with Crippen molar-refractivity contribution in [1.29, 1.82) is 0 Å². The summed E-state index contributed by atoms with van der Waals surface area (Å²) in [6.45, 7) is 2.73. The van der Waals surface area contributed by atoms with Gasteiger partial charge in [0.25, 0.3) is 0 Å². The second-order valence-corrected chi connectivity index (χ2v) is 4.23. The predicted octanol–water partition coefficient (Wildman–Crippen LogP) is 2.14. The maximum Gasteiger partial charge on any atom is 0.106 e. The van der Waals surface area contributed by atoms with Gasteiger partial charge in [0.2, 0.25) is 0 Å². The van der Waals surface area contributed by atoms with Crippen molar-refractivity contribution in [3.63, 3.8) is 0 Å². The number of nitrogens with one attached hydrogen (secondary N) is 1. The molecule has 15 heavy (non-hydrogen) atoms. The van der Waals surface area contributed by atoms with Crippen molar-refractivity contribution in [2.45, 2.75) is 19.1 Å². The van der Waals surface area contributed by atoms with Crippen LogP contribution in [-0.4, -0.2) is 24.2 Å². The minimum Gasteiger partial charge on any atom is -0.372 e. The number of hydrogen-bond donors (Lipinski definition) is 1. The van der Waals surface area contributed by atoms with E-state index in [0.29, 0.717) is 12.7 Å². The lowest BCUT2D eigenvalue weighted by molar-refractivity contribution is 0.0541. The third-order valence-corrected chi connectivity index (χ3v) is 2.73. The summed E-state index contributed by atoms with van der Waals surface area (Å²) >= 11 is 3.34. The molecule has 1 fully saturated rings. The van der Waals surface area contributed by atoms with Gasteiger partial charge in [0.1, 0.15) is 4.60 Å². The Hall–Kier alpha value is -0.160. The summed E-state index contributed by atoms with van der Waals surface area (Å²) in [6, 6.07) is 3.97. The molecular formula is C10H14BrClN2O. The minimum atomic E-state index is 0. The Balaban J connectivity index is 0.00000112. The van der Waals surface area contributed by atoms with Crippen molar-refractivity contribution >= 4 is 28.3 Å². The van der Waals surface area contributed by atoms with Gasteiger partial charge in [-0.25, -0.2) is 4.98 Å². The van der Waals surface area contributed by atoms with Crippen molar-refractivity contribution in [2.75, 3.05) is 13.1 Å². The van der Waals surface area contributed by atoms with Crippen molar-refractivity contribution in [1.82, 2.24) is 10.3 Å². The molecule has 5 heteroatoms. The standard InChI is InChI=1S/C10H13BrN2O.ClH/c11-10-5-8(1-4-13-10)7-14-9-2-3-12-6-9;/h1,4-5,9,12H,2-3,6-7H2;1H. The topological polar surface area (TPSA) is 34.1 Å². The smallest absolute Gasteiger partial charge is 0.106 e. The third-order valence-electron chi connectivity index (χ3n) is 2.29. The van der Waals surface area contributed by atoms with Crippen LogP contribution in [0.2, 0.25) is 0 Å². The Bertz CT molecular complexity index is 305. The van der Waals surface area contributed by atoms with Gasteiger partial charge < -0.3 is 10.1 Å². The van der Waals surface area contributed by atoms with Crippen LogP contribution in [0.1, 0.15) is 12.0 Å². The van der Waals surface area contributed by atoms with E-state index in [9.17, 15) is 0 Å². The van der Waals surface area contributed by atoms with E-state index in [1.807, 2.05) is 12.1 Å². The average Bonchev–Trinajstić information content (AvgIpc) is 2.67. The van der Waals surface area contributed by atoms with Crippen LogP contribution < -0.4 is 5.32 Å². The maximum atomic E-state index is 5.73. The number of nitrogens with zero attached hydrogens (tertiary/aromatic N) is 1. The van der Waals surface area contributed by atoms with Crippen LogP contribution in [0.15, 0.2) is 22.9 Å². The van der Waals surface area contributed by atoms with Gasteiger partial charge in [0.15, 0.2) is 0 Å². The SMILES string of the molecule is Brc1cc(COC2CCNC2)ccn1.Cl. The summed E-state index contributed by atoms with van der Waals surface area (Å²) < 4.78 is 6.60. The molecule has 84 valence electrons. The van der Waals surface area contributed by atoms with Gasteiger partial charge >= 0.3 is 0 Å². The molecule has 1 aliphatic heterocycles. The molecule has 1 unspecified atom stereocenters. The molecule has 0 aliphatic carbocycles. The van der Waals surface area contributed by atoms with E-state index in [-0.39, 0.29) is 12.4 Å². The van der Waals surface area contributed by atoms with Gasteiger partial charge in [-0.05, 0) is 46.6 Å². The van der Waals surface area contributed by atoms with Gasteiger partial charge in [0.05, 0.1) is 12.7 Å². The fourth-order valence-corrected chi connectivity index (χ4v) is 1.93. The van der Waals surface area contributed by atoms with Crippen molar-refractivity contribution in [3.05, 3.63) is 28.5 Å². The molecular weight excluding hydrogens is 279 g/mol. The lowest BCUT2D eigenvalue weighted by Gasteiger charge is -2.10. The molecule has 1 N–H and O–H groups in total. The zero-order chi connectivity index (χ0) is 9.80. The lowest BCUT2D eigenvalue weighted by Crippen LogP contribution is -2.16. The average molecular weight is 294 g/mol. The monoisotopic (exact) mass is 292 g/mol. The van der Waals surface area contributed by atoms with Crippen LogP contribution >= 0.6 is 28.3 Å². The quantitative estimate of drug-likeness (QED) is 0.867. The first-order valence-corrected chi connectivity index (χ1v) is 5.56. The molecule has 1 saturated heterocycles. The number of aromatic nitrogens is 1. The predicted molar refractivity (Wildman–Crippen MR) is 65.2 cm³/mol. The van der Waals surface area contributed by atoms with Gasteiger partial charge in [-0.1, -0.05) is 0 Å². The summed E-state index contributed by atoms with van der Waals surface area (Å²) in [4.78, 5) is 4.07. The highest BCUT2D eigenvalue weighted by Gasteiger charge is 2.14. The molecule has 0 radical (unpaired) electrons. The van der Waals surface area contributed by atoms with Crippen molar-refractivity contribution in [3.8, 4) is 0 Å². The molecule has 2 heterocycles. The Morgan fingerprint density at radius 2 is 2.47 bits per heavy atom. The van der Waals surface area contributed by atoms with E-state index in [4.69, 9.17) is 4.74 Å². The first kappa shape index (κ1) is 12.9. The largest absolute Gasteiger partial charge is 0.372 e. The molecule has 0 spiro atoms. The summed E-state index contributed by atoms with van der Waals surface area (Å²) in [5.74, 6) is 0. The fraction of sp³-hybridized carbons (Fsp3) is 0.500. The van der Waals surface area contributed by atoms with Gasteiger partial charge in [-0.2, -0.15) is 0 Å². The van der Waals surface area contributed by atoms with E-state index in [1.54, 1.807) is 6.20 Å². The minimum absolute atomic E-state index is 0. The molecule has 3 nitrogen and oxygen atoms in total. The fourth-order valence-electron chi connectivity index (χ4n) is 1.52. The second-order valence-electron chi connectivity index (χ2n) is 3.41. The van der Waals surface area contributed by atoms with Crippen LogP contribution in [0.5, 0.6) is 0 Å². The van der Waals surface area contributed by atoms with Crippen LogP contribution in [0.3, 0.4) is 0 Å². The highest BCUT2D eigenvalue weighted by Crippen LogP contribution is 2.11. The first-order chi connectivity index (χ1) is 6.84. The number of hydrogen-bond acceptors (Lipinski definition) is 3. The third kappa shape index (κ3) is 4.07. The zero-order valence-electron chi connectivity index (χ0n) is 8.28. The zero-order valence-corrected chi connectivity index (χ0v) is 10.7. The highest BCUT2D eigenvalue weighted by atomic mass is 79.9. The lowest BCUT2D eigenvalue weighted by atomic mass is 10.3.